The van der Waals surface area contributed by atoms with Gasteiger partial charge >= 0.3 is 15.2 Å². The lowest BCUT2D eigenvalue weighted by Gasteiger charge is -2.25. The second-order valence-corrected chi connectivity index (χ2v) is 11.8. The summed E-state index contributed by atoms with van der Waals surface area (Å²) in [6, 6.07) is 7.85. The zero-order chi connectivity index (χ0) is 23.5. The third-order valence-electron chi connectivity index (χ3n) is 4.63. The quantitative estimate of drug-likeness (QED) is 0.135. The number of aryl methyl sites for hydroxylation is 1. The largest absolute Gasteiger partial charge is 0.369 e. The number of amides is 1. The van der Waals surface area contributed by atoms with Gasteiger partial charge in [0, 0.05) is 43.5 Å². The van der Waals surface area contributed by atoms with Crippen LogP contribution >= 0.6 is 38.4 Å². The Kier molecular flexibility index (Phi) is 12.7. The highest BCUT2D eigenvalue weighted by molar-refractivity contribution is 7.70. The van der Waals surface area contributed by atoms with E-state index in [0.29, 0.717) is 37.7 Å². The number of hydrogen-bond donors (Lipinski definition) is 5. The van der Waals surface area contributed by atoms with Gasteiger partial charge in [-0.05, 0) is 37.3 Å². The summed E-state index contributed by atoms with van der Waals surface area (Å²) in [5.74, 6) is 0.705. The minimum atomic E-state index is -4.93. The van der Waals surface area contributed by atoms with E-state index in [4.69, 9.17) is 42.8 Å². The van der Waals surface area contributed by atoms with Crippen LogP contribution in [0.4, 0.5) is 5.69 Å². The van der Waals surface area contributed by atoms with Crippen molar-refractivity contribution in [2.24, 2.45) is 0 Å². The Bertz CT molecular complexity index is 760. The average molecular weight is 519 g/mol. The molecular formula is C18H30Cl2N2O7P2. The number of benzene rings is 1. The minimum Gasteiger partial charge on any atom is -0.369 e. The Hall–Kier alpha value is -0.630. The van der Waals surface area contributed by atoms with E-state index in [1.807, 2.05) is 24.3 Å². The van der Waals surface area contributed by atoms with E-state index < -0.39 is 20.6 Å². The number of alkyl halides is 2. The predicted molar refractivity (Wildman–Crippen MR) is 123 cm³/mol. The normalized spacial score (nSPS) is 12.2. The van der Waals surface area contributed by atoms with Crippen LogP contribution in [-0.2, 0) is 20.3 Å². The molecule has 5 N–H and O–H groups in total. The maximum Gasteiger partial charge on any atom is 0.340 e. The molecule has 0 saturated carbocycles. The number of nitrogens with one attached hydrogen (secondary N) is 1. The number of carbonyl (C=O) groups is 1. The number of halogens is 2. The van der Waals surface area contributed by atoms with Gasteiger partial charge in [0.05, 0.1) is 0 Å². The van der Waals surface area contributed by atoms with E-state index in [-0.39, 0.29) is 31.7 Å². The molecule has 1 aromatic rings. The topological polar surface area (TPSA) is 147 Å². The lowest BCUT2D eigenvalue weighted by atomic mass is 10.0. The second kappa shape index (κ2) is 13.8. The van der Waals surface area contributed by atoms with Gasteiger partial charge in [-0.15, -0.1) is 23.2 Å². The van der Waals surface area contributed by atoms with Crippen molar-refractivity contribution < 1.29 is 33.5 Å². The molecule has 0 heterocycles. The lowest BCUT2D eigenvalue weighted by Crippen LogP contribution is -2.28. The Morgan fingerprint density at radius 1 is 1.00 bits per heavy atom. The van der Waals surface area contributed by atoms with Crippen molar-refractivity contribution in [1.82, 2.24) is 5.32 Å². The van der Waals surface area contributed by atoms with Crippen molar-refractivity contribution in [3.05, 3.63) is 29.8 Å². The molecule has 9 nitrogen and oxygen atoms in total. The highest BCUT2D eigenvalue weighted by Gasteiger charge is 2.42. The molecule has 0 unspecified atom stereocenters. The molecule has 0 saturated heterocycles. The second-order valence-electron chi connectivity index (χ2n) is 7.00. The van der Waals surface area contributed by atoms with Crippen molar-refractivity contribution in [1.29, 1.82) is 0 Å². The summed E-state index contributed by atoms with van der Waals surface area (Å²) in [5, 5.41) is 0.571. The lowest BCUT2D eigenvalue weighted by molar-refractivity contribution is -0.121. The third-order valence-corrected chi connectivity index (χ3v) is 8.84. The summed E-state index contributed by atoms with van der Waals surface area (Å²) in [4.78, 5) is 50.5. The first-order chi connectivity index (χ1) is 14.5. The Balaban J connectivity index is 2.48. The summed E-state index contributed by atoms with van der Waals surface area (Å²) in [6.45, 7) is 1.40. The first-order valence-corrected chi connectivity index (χ1v) is 14.3. The third kappa shape index (κ3) is 10.7. The number of para-hydroxylation sites is 1. The van der Waals surface area contributed by atoms with Gasteiger partial charge in [-0.2, -0.15) is 0 Å². The van der Waals surface area contributed by atoms with Crippen LogP contribution in [0.3, 0.4) is 0 Å². The number of carbonyl (C=O) groups excluding carboxylic acids is 1. The Labute approximate surface area is 192 Å². The first kappa shape index (κ1) is 28.4. The Morgan fingerprint density at radius 2 is 1.58 bits per heavy atom. The molecule has 31 heavy (non-hydrogen) atoms. The number of nitrogens with zero attached hydrogens (tertiary/aromatic N) is 1. The van der Waals surface area contributed by atoms with E-state index in [1.54, 1.807) is 0 Å². The van der Waals surface area contributed by atoms with Gasteiger partial charge < -0.3 is 29.8 Å². The van der Waals surface area contributed by atoms with Gasteiger partial charge in [-0.25, -0.2) is 0 Å². The van der Waals surface area contributed by atoms with Gasteiger partial charge in [0.2, 0.25) is 5.91 Å². The van der Waals surface area contributed by atoms with E-state index >= 15 is 0 Å². The smallest absolute Gasteiger partial charge is 0.340 e. The molecule has 0 bridgehead atoms. The zero-order valence-electron chi connectivity index (χ0n) is 17.1. The van der Waals surface area contributed by atoms with Crippen LogP contribution in [0.1, 0.15) is 31.2 Å². The van der Waals surface area contributed by atoms with E-state index in [0.717, 1.165) is 11.3 Å². The molecule has 0 aliphatic heterocycles. The molecule has 178 valence electrons. The monoisotopic (exact) mass is 518 g/mol. The summed E-state index contributed by atoms with van der Waals surface area (Å²) in [5.41, 5.74) is 2.11. The van der Waals surface area contributed by atoms with Gasteiger partial charge in [0.1, 0.15) is 0 Å². The fraction of sp³-hybridized carbons (Fsp3) is 0.611. The van der Waals surface area contributed by atoms with Crippen molar-refractivity contribution in [3.63, 3.8) is 0 Å². The van der Waals surface area contributed by atoms with Gasteiger partial charge in [-0.3, -0.25) is 13.9 Å². The van der Waals surface area contributed by atoms with E-state index in [1.165, 1.54) is 0 Å². The van der Waals surface area contributed by atoms with Crippen LogP contribution in [0.15, 0.2) is 24.3 Å². The van der Waals surface area contributed by atoms with Gasteiger partial charge in [-0.1, -0.05) is 18.2 Å². The molecule has 1 aromatic carbocycles. The summed E-state index contributed by atoms with van der Waals surface area (Å²) >= 11 is 11.8. The molecule has 0 radical (unpaired) electrons. The van der Waals surface area contributed by atoms with Gasteiger partial charge in [0.15, 0.2) is 5.40 Å². The molecule has 0 aromatic heterocycles. The molecule has 1 amide bonds. The van der Waals surface area contributed by atoms with Crippen LogP contribution < -0.4 is 10.2 Å². The number of rotatable bonds is 15. The molecule has 0 aliphatic carbocycles. The molecule has 0 aliphatic rings. The maximum atomic E-state index is 12.0. The van der Waals surface area contributed by atoms with Crippen molar-refractivity contribution in [3.8, 4) is 0 Å². The zero-order valence-corrected chi connectivity index (χ0v) is 20.4. The predicted octanol–water partition coefficient (Wildman–Crippen LogP) is 2.87. The first-order valence-electron chi connectivity index (χ1n) is 9.82. The maximum absolute atomic E-state index is 12.0. The van der Waals surface area contributed by atoms with Gasteiger partial charge in [0.25, 0.3) is 0 Å². The molecule has 0 spiro atoms. The average Bonchev–Trinajstić information content (AvgIpc) is 2.66. The summed E-state index contributed by atoms with van der Waals surface area (Å²) < 4.78 is 22.5. The molecule has 1 rings (SSSR count). The fourth-order valence-corrected chi connectivity index (χ4v) is 6.17. The van der Waals surface area contributed by atoms with Crippen molar-refractivity contribution in [2.75, 3.05) is 36.3 Å². The molecular weight excluding hydrogens is 489 g/mol. The molecule has 13 heteroatoms. The summed E-state index contributed by atoms with van der Waals surface area (Å²) in [6.07, 6.45) is 1.16. The van der Waals surface area contributed by atoms with Crippen LogP contribution in [0, 0.1) is 0 Å². The number of anilines is 1. The van der Waals surface area contributed by atoms with E-state index in [2.05, 4.69) is 10.2 Å². The van der Waals surface area contributed by atoms with Crippen molar-refractivity contribution in [2.45, 2.75) is 37.5 Å². The number of hydrogen-bond acceptors (Lipinski definition) is 4. The van der Waals surface area contributed by atoms with Crippen molar-refractivity contribution >= 4 is 50.0 Å². The fourth-order valence-electron chi connectivity index (χ4n) is 3.16. The minimum absolute atomic E-state index is 0.0429. The van der Waals surface area contributed by atoms with Crippen LogP contribution in [-0.4, -0.2) is 62.3 Å². The SMILES string of the molecule is O=C(CCCc1ccccc1N(CCCl)CCCl)NCCCC(P(=O)(O)O)P(=O)(O)O. The molecule has 0 atom stereocenters. The summed E-state index contributed by atoms with van der Waals surface area (Å²) in [7, 11) is -9.87. The van der Waals surface area contributed by atoms with Crippen LogP contribution in [0.2, 0.25) is 0 Å². The van der Waals surface area contributed by atoms with Crippen LogP contribution in [0.5, 0.6) is 0 Å². The Morgan fingerprint density at radius 3 is 2.13 bits per heavy atom. The highest BCUT2D eigenvalue weighted by Crippen LogP contribution is 2.61. The van der Waals surface area contributed by atoms with Crippen LogP contribution in [0.25, 0.3) is 0 Å². The van der Waals surface area contributed by atoms with E-state index in [9.17, 15) is 13.9 Å². The molecule has 0 fully saturated rings. The highest BCUT2D eigenvalue weighted by atomic mass is 35.5. The standard InChI is InChI=1S/C18H30Cl2N2O7P2/c19-10-13-22(14-11-20)16-7-2-1-5-15(16)6-3-8-17(23)21-12-4-9-18(30(24,25)26)31(27,28)29/h1-2,5,7,18H,3-4,6,8-14H2,(H,21,23)(H2,24,25,26)(H2,27,28,29).